The van der Waals surface area contributed by atoms with Gasteiger partial charge in [0.25, 0.3) is 5.69 Å². The number of benzene rings is 4. The molecule has 0 atom stereocenters. The molecule has 0 saturated carbocycles. The molecule has 0 bridgehead atoms. The fraction of sp³-hybridized carbons (Fsp3) is 0.0455. The Balaban J connectivity index is 1.93. The van der Waals surface area contributed by atoms with E-state index in [0.717, 1.165) is 27.1 Å². The first kappa shape index (κ1) is 16.7. The van der Waals surface area contributed by atoms with Crippen LogP contribution in [0.5, 0.6) is 5.75 Å². The number of aliphatic imine (C=N–C) groups is 1. The van der Waals surface area contributed by atoms with E-state index < -0.39 is 4.92 Å². The van der Waals surface area contributed by atoms with Gasteiger partial charge in [0, 0.05) is 23.9 Å². The van der Waals surface area contributed by atoms with Crippen LogP contribution in [0.3, 0.4) is 0 Å². The minimum atomic E-state index is -0.439. The maximum atomic E-state index is 11.1. The molecule has 4 rings (SSSR count). The van der Waals surface area contributed by atoms with E-state index in [9.17, 15) is 10.1 Å². The van der Waals surface area contributed by atoms with Crippen LogP contribution in [0.15, 0.2) is 77.8 Å². The summed E-state index contributed by atoms with van der Waals surface area (Å²) in [6.45, 7) is 0. The van der Waals surface area contributed by atoms with E-state index >= 15 is 0 Å². The van der Waals surface area contributed by atoms with Gasteiger partial charge < -0.3 is 4.74 Å². The zero-order chi connectivity index (χ0) is 18.8. The van der Waals surface area contributed by atoms with Gasteiger partial charge in [0.1, 0.15) is 11.4 Å². The van der Waals surface area contributed by atoms with E-state index in [4.69, 9.17) is 4.74 Å². The predicted octanol–water partition coefficient (Wildman–Crippen LogP) is 5.66. The Bertz CT molecular complexity index is 1140. The summed E-state index contributed by atoms with van der Waals surface area (Å²) in [7, 11) is 1.52. The second-order valence-corrected chi connectivity index (χ2v) is 6.10. The van der Waals surface area contributed by atoms with Crippen molar-refractivity contribution < 1.29 is 9.66 Å². The number of nitro groups is 1. The molecule has 0 N–H and O–H groups in total. The van der Waals surface area contributed by atoms with Crippen LogP contribution >= 0.6 is 0 Å². The lowest BCUT2D eigenvalue weighted by Crippen LogP contribution is -1.91. The van der Waals surface area contributed by atoms with Gasteiger partial charge in [-0.3, -0.25) is 15.1 Å². The van der Waals surface area contributed by atoms with Crippen molar-refractivity contribution in [2.24, 2.45) is 4.99 Å². The van der Waals surface area contributed by atoms with Crippen LogP contribution in [0.4, 0.5) is 11.4 Å². The molecule has 0 aromatic heterocycles. The van der Waals surface area contributed by atoms with Crippen molar-refractivity contribution in [2.75, 3.05) is 7.11 Å². The topological polar surface area (TPSA) is 64.7 Å². The van der Waals surface area contributed by atoms with E-state index in [0.29, 0.717) is 11.4 Å². The van der Waals surface area contributed by atoms with Crippen molar-refractivity contribution in [1.82, 2.24) is 0 Å². The second kappa shape index (κ2) is 6.88. The summed E-state index contributed by atoms with van der Waals surface area (Å²) >= 11 is 0. The highest BCUT2D eigenvalue weighted by Crippen LogP contribution is 2.33. The zero-order valence-corrected chi connectivity index (χ0v) is 14.6. The molecule has 4 aromatic carbocycles. The first-order valence-electron chi connectivity index (χ1n) is 8.44. The fourth-order valence-electron chi connectivity index (χ4n) is 3.21. The number of methoxy groups -OCH3 is 1. The number of nitro benzene ring substituents is 1. The predicted molar refractivity (Wildman–Crippen MR) is 108 cm³/mol. The largest absolute Gasteiger partial charge is 0.494 e. The third kappa shape index (κ3) is 3.11. The van der Waals surface area contributed by atoms with Crippen molar-refractivity contribution in [3.8, 4) is 5.75 Å². The molecule has 4 aromatic rings. The summed E-state index contributed by atoms with van der Waals surface area (Å²) in [5.41, 5.74) is 1.37. The molecule has 0 aliphatic rings. The normalized spacial score (nSPS) is 11.3. The van der Waals surface area contributed by atoms with Gasteiger partial charge in [-0.2, -0.15) is 0 Å². The summed E-state index contributed by atoms with van der Waals surface area (Å²) in [5.74, 6) is 0.487. The number of rotatable bonds is 4. The lowest BCUT2D eigenvalue weighted by molar-refractivity contribution is -0.384. The number of hydrogen-bond acceptors (Lipinski definition) is 4. The highest BCUT2D eigenvalue weighted by Gasteiger charge is 2.11. The van der Waals surface area contributed by atoms with Gasteiger partial charge in [-0.15, -0.1) is 0 Å². The Labute approximate surface area is 155 Å². The van der Waals surface area contributed by atoms with Gasteiger partial charge in [-0.25, -0.2) is 0 Å². The summed E-state index contributed by atoms with van der Waals surface area (Å²) < 4.78 is 5.31. The van der Waals surface area contributed by atoms with E-state index in [1.165, 1.54) is 19.2 Å². The molecule has 0 aliphatic heterocycles. The van der Waals surface area contributed by atoms with Crippen molar-refractivity contribution in [2.45, 2.75) is 0 Å². The van der Waals surface area contributed by atoms with Gasteiger partial charge in [0.05, 0.1) is 12.0 Å². The Morgan fingerprint density at radius 1 is 0.926 bits per heavy atom. The van der Waals surface area contributed by atoms with Crippen LogP contribution in [-0.4, -0.2) is 18.2 Å². The Morgan fingerprint density at radius 2 is 1.56 bits per heavy atom. The van der Waals surface area contributed by atoms with Crippen molar-refractivity contribution in [1.29, 1.82) is 0 Å². The summed E-state index contributed by atoms with van der Waals surface area (Å²) in [5, 5.41) is 15.5. The minimum Gasteiger partial charge on any atom is -0.494 e. The van der Waals surface area contributed by atoms with E-state index in [-0.39, 0.29) is 5.69 Å². The Kier molecular flexibility index (Phi) is 4.26. The fourth-order valence-corrected chi connectivity index (χ4v) is 3.21. The number of fused-ring (bicyclic) bond motifs is 2. The molecular formula is C22H16N2O3. The molecule has 0 radical (unpaired) electrons. The molecule has 132 valence electrons. The highest BCUT2D eigenvalue weighted by molar-refractivity contribution is 6.13. The number of non-ortho nitro benzene ring substituents is 1. The maximum absolute atomic E-state index is 11.1. The smallest absolute Gasteiger partial charge is 0.271 e. The van der Waals surface area contributed by atoms with Gasteiger partial charge >= 0.3 is 0 Å². The van der Waals surface area contributed by atoms with Gasteiger partial charge in [0.2, 0.25) is 0 Å². The molecule has 0 amide bonds. The van der Waals surface area contributed by atoms with E-state index in [1.54, 1.807) is 12.3 Å². The standard InChI is InChI=1S/C22H16N2O3/c1-27-22-11-10-17(24(25)26)13-21(22)23-14-20-18-8-4-2-6-15(18)12-16-7-3-5-9-19(16)20/h2-14H,1H3. The van der Waals surface area contributed by atoms with Crippen molar-refractivity contribution in [3.05, 3.63) is 88.5 Å². The van der Waals surface area contributed by atoms with Crippen molar-refractivity contribution >= 4 is 39.1 Å². The molecule has 27 heavy (non-hydrogen) atoms. The average Bonchev–Trinajstić information content (AvgIpc) is 2.70. The molecule has 0 saturated heterocycles. The number of ether oxygens (including phenoxy) is 1. The third-order valence-electron chi connectivity index (χ3n) is 4.52. The van der Waals surface area contributed by atoms with Gasteiger partial charge in [0.15, 0.2) is 0 Å². The van der Waals surface area contributed by atoms with E-state index in [1.807, 2.05) is 36.4 Å². The molecule has 0 fully saturated rings. The summed E-state index contributed by atoms with van der Waals surface area (Å²) in [6, 6.07) is 22.7. The SMILES string of the molecule is COc1ccc([N+](=O)[O-])cc1N=Cc1c2ccccc2cc2ccccc12. The van der Waals surface area contributed by atoms with Gasteiger partial charge in [-0.05, 0) is 33.7 Å². The highest BCUT2D eigenvalue weighted by atomic mass is 16.6. The maximum Gasteiger partial charge on any atom is 0.271 e. The minimum absolute atomic E-state index is 0.0225. The first-order chi connectivity index (χ1) is 13.2. The molecule has 5 heteroatoms. The lowest BCUT2D eigenvalue weighted by atomic mass is 9.97. The van der Waals surface area contributed by atoms with Crippen LogP contribution in [0.25, 0.3) is 21.5 Å². The monoisotopic (exact) mass is 356 g/mol. The van der Waals surface area contributed by atoms with Crippen LogP contribution < -0.4 is 4.74 Å². The third-order valence-corrected chi connectivity index (χ3v) is 4.52. The molecule has 0 heterocycles. The van der Waals surface area contributed by atoms with Crippen LogP contribution in [0.2, 0.25) is 0 Å². The Hall–Kier alpha value is -3.73. The molecular weight excluding hydrogens is 340 g/mol. The quantitative estimate of drug-likeness (QED) is 0.205. The molecule has 0 aliphatic carbocycles. The van der Waals surface area contributed by atoms with Crippen molar-refractivity contribution in [3.63, 3.8) is 0 Å². The number of hydrogen-bond donors (Lipinski definition) is 0. The molecule has 5 nitrogen and oxygen atoms in total. The lowest BCUT2D eigenvalue weighted by Gasteiger charge is -2.08. The summed E-state index contributed by atoms with van der Waals surface area (Å²) in [6.07, 6.45) is 1.76. The van der Waals surface area contributed by atoms with Crippen LogP contribution in [0.1, 0.15) is 5.56 Å². The second-order valence-electron chi connectivity index (χ2n) is 6.10. The van der Waals surface area contributed by atoms with Crippen LogP contribution in [-0.2, 0) is 0 Å². The molecule has 0 spiro atoms. The molecule has 0 unspecified atom stereocenters. The van der Waals surface area contributed by atoms with E-state index in [2.05, 4.69) is 23.2 Å². The van der Waals surface area contributed by atoms with Crippen LogP contribution in [0, 0.1) is 10.1 Å². The first-order valence-corrected chi connectivity index (χ1v) is 8.44. The van der Waals surface area contributed by atoms with Gasteiger partial charge in [-0.1, -0.05) is 48.5 Å². The number of nitrogens with zero attached hydrogens (tertiary/aromatic N) is 2. The summed E-state index contributed by atoms with van der Waals surface area (Å²) in [4.78, 5) is 15.2. The average molecular weight is 356 g/mol. The zero-order valence-electron chi connectivity index (χ0n) is 14.6. The Morgan fingerprint density at radius 3 is 2.15 bits per heavy atom.